The summed E-state index contributed by atoms with van der Waals surface area (Å²) in [5.74, 6) is -0.633. The Hall–Kier alpha value is -2.81. The minimum Gasteiger partial charge on any atom is -0.463 e. The van der Waals surface area contributed by atoms with Crippen LogP contribution in [0.5, 0.6) is 5.75 Å². The Balaban J connectivity index is 2.54. The first kappa shape index (κ1) is 18.5. The van der Waals surface area contributed by atoms with Gasteiger partial charge >= 0.3 is 15.6 Å². The van der Waals surface area contributed by atoms with Crippen LogP contribution >= 0.6 is 0 Å². The van der Waals surface area contributed by atoms with Crippen LogP contribution in [0.4, 0.5) is 13.2 Å². The Morgan fingerprint density at radius 3 is 2.48 bits per heavy atom. The Bertz CT molecular complexity index is 1030. The van der Waals surface area contributed by atoms with E-state index in [1.165, 1.54) is 18.2 Å². The van der Waals surface area contributed by atoms with Gasteiger partial charge in [-0.05, 0) is 17.7 Å². The van der Waals surface area contributed by atoms with Crippen molar-refractivity contribution in [2.24, 2.45) is 0 Å². The summed E-state index contributed by atoms with van der Waals surface area (Å²) in [7, 11) is -5.82. The Labute approximate surface area is 140 Å². The second kappa shape index (κ2) is 6.60. The number of allylic oxidation sites excluding steroid dienone is 4. The van der Waals surface area contributed by atoms with Crippen LogP contribution in [0, 0.1) is 0 Å². The predicted molar refractivity (Wildman–Crippen MR) is 86.5 cm³/mol. The molecule has 0 aliphatic carbocycles. The summed E-state index contributed by atoms with van der Waals surface area (Å²) < 4.78 is 68.3. The number of benzene rings is 1. The maximum atomic E-state index is 12.4. The van der Waals surface area contributed by atoms with Crippen molar-refractivity contribution in [1.29, 1.82) is 0 Å². The highest BCUT2D eigenvalue weighted by Gasteiger charge is 2.48. The first-order chi connectivity index (χ1) is 11.6. The van der Waals surface area contributed by atoms with Gasteiger partial charge in [0.2, 0.25) is 0 Å². The van der Waals surface area contributed by atoms with Crippen molar-refractivity contribution in [3.05, 3.63) is 71.6 Å². The maximum Gasteiger partial charge on any atom is 0.534 e. The second-order valence-corrected chi connectivity index (χ2v) is 6.22. The fourth-order valence-electron chi connectivity index (χ4n) is 1.93. The molecule has 0 bridgehead atoms. The van der Waals surface area contributed by atoms with Gasteiger partial charge in [-0.3, -0.25) is 4.79 Å². The van der Waals surface area contributed by atoms with E-state index in [9.17, 15) is 26.4 Å². The van der Waals surface area contributed by atoms with Crippen molar-refractivity contribution < 1.29 is 30.2 Å². The lowest BCUT2D eigenvalue weighted by atomic mass is 10.1. The van der Waals surface area contributed by atoms with Gasteiger partial charge in [-0.15, -0.1) is 0 Å². The van der Waals surface area contributed by atoms with Crippen LogP contribution in [0.15, 0.2) is 65.1 Å². The number of alkyl halides is 3. The van der Waals surface area contributed by atoms with E-state index in [2.05, 4.69) is 17.3 Å². The Morgan fingerprint density at radius 2 is 1.92 bits per heavy atom. The number of hydrogen-bond donors (Lipinski definition) is 0. The van der Waals surface area contributed by atoms with Crippen molar-refractivity contribution in [1.82, 2.24) is 0 Å². The zero-order valence-corrected chi connectivity index (χ0v) is 13.4. The molecule has 1 heterocycles. The summed E-state index contributed by atoms with van der Waals surface area (Å²) >= 11 is 0. The standard InChI is InChI=1S/C16H11F3O5S/c1-3-5-10(4-2)13-9-23-14-8-11(6-7-12(14)15(13)20)24-25(21,22)16(17,18)19/h3-9H,1-2H2/b10-5+. The maximum absolute atomic E-state index is 12.4. The van der Waals surface area contributed by atoms with Crippen LogP contribution < -0.4 is 9.61 Å². The van der Waals surface area contributed by atoms with Gasteiger partial charge in [0, 0.05) is 6.07 Å². The second-order valence-electron chi connectivity index (χ2n) is 4.68. The minimum atomic E-state index is -5.82. The third-order valence-corrected chi connectivity index (χ3v) is 4.04. The van der Waals surface area contributed by atoms with Gasteiger partial charge in [-0.25, -0.2) is 0 Å². The van der Waals surface area contributed by atoms with Crippen LogP contribution in [0.1, 0.15) is 5.56 Å². The molecule has 2 rings (SSSR count). The van der Waals surface area contributed by atoms with Crippen LogP contribution in [0.25, 0.3) is 16.5 Å². The van der Waals surface area contributed by atoms with Gasteiger partial charge in [0.25, 0.3) is 0 Å². The third kappa shape index (κ3) is 3.66. The van der Waals surface area contributed by atoms with E-state index in [1.54, 1.807) is 0 Å². The molecule has 0 spiro atoms. The van der Waals surface area contributed by atoms with Crippen molar-refractivity contribution in [3.63, 3.8) is 0 Å². The molecule has 2 aromatic rings. The molecule has 1 aromatic carbocycles. The van der Waals surface area contributed by atoms with E-state index in [4.69, 9.17) is 4.42 Å². The van der Waals surface area contributed by atoms with Crippen LogP contribution in [0.3, 0.4) is 0 Å². The van der Waals surface area contributed by atoms with Crippen LogP contribution in [-0.2, 0) is 10.1 Å². The van der Waals surface area contributed by atoms with E-state index >= 15 is 0 Å². The smallest absolute Gasteiger partial charge is 0.463 e. The van der Waals surface area contributed by atoms with Crippen molar-refractivity contribution in [2.75, 3.05) is 0 Å². The normalized spacial score (nSPS) is 12.8. The van der Waals surface area contributed by atoms with E-state index in [-0.39, 0.29) is 16.5 Å². The molecule has 132 valence electrons. The van der Waals surface area contributed by atoms with Gasteiger partial charge in [0.05, 0.1) is 10.9 Å². The highest BCUT2D eigenvalue weighted by molar-refractivity contribution is 7.88. The zero-order valence-electron chi connectivity index (χ0n) is 12.5. The van der Waals surface area contributed by atoms with Crippen molar-refractivity contribution in [3.8, 4) is 5.75 Å². The number of hydrogen-bond acceptors (Lipinski definition) is 5. The summed E-state index contributed by atoms with van der Waals surface area (Å²) in [5, 5.41) is 0.0334. The Morgan fingerprint density at radius 1 is 1.24 bits per heavy atom. The molecule has 0 saturated heterocycles. The summed E-state index contributed by atoms with van der Waals surface area (Å²) in [6.07, 6.45) is 5.47. The lowest BCUT2D eigenvalue weighted by Crippen LogP contribution is -2.28. The molecule has 0 saturated carbocycles. The number of fused-ring (bicyclic) bond motifs is 1. The molecular weight excluding hydrogens is 361 g/mol. The van der Waals surface area contributed by atoms with Gasteiger partial charge in [-0.1, -0.05) is 31.4 Å². The molecule has 0 fully saturated rings. The SMILES string of the molecule is C=C/C=C(\C=C)c1coc2cc(OS(=O)(=O)C(F)(F)F)ccc2c1=O. The van der Waals surface area contributed by atoms with Crippen LogP contribution in [-0.4, -0.2) is 13.9 Å². The molecule has 0 radical (unpaired) electrons. The van der Waals surface area contributed by atoms with E-state index < -0.39 is 26.8 Å². The van der Waals surface area contributed by atoms with Crippen molar-refractivity contribution in [2.45, 2.75) is 5.51 Å². The average molecular weight is 372 g/mol. The molecule has 0 aliphatic rings. The highest BCUT2D eigenvalue weighted by Crippen LogP contribution is 2.28. The number of halogens is 3. The first-order valence-corrected chi connectivity index (χ1v) is 8.03. The molecule has 5 nitrogen and oxygen atoms in total. The summed E-state index contributed by atoms with van der Waals surface area (Å²) in [6, 6.07) is 2.92. The third-order valence-electron chi connectivity index (χ3n) is 3.06. The topological polar surface area (TPSA) is 73.6 Å². The van der Waals surface area contributed by atoms with E-state index in [1.807, 2.05) is 0 Å². The van der Waals surface area contributed by atoms with Gasteiger partial charge in [-0.2, -0.15) is 21.6 Å². The van der Waals surface area contributed by atoms with E-state index in [0.29, 0.717) is 5.57 Å². The highest BCUT2D eigenvalue weighted by atomic mass is 32.2. The summed E-state index contributed by atoms with van der Waals surface area (Å²) in [4.78, 5) is 12.4. The van der Waals surface area contributed by atoms with Gasteiger partial charge in [0.1, 0.15) is 17.6 Å². The average Bonchev–Trinajstić information content (AvgIpc) is 2.52. The largest absolute Gasteiger partial charge is 0.534 e. The molecule has 25 heavy (non-hydrogen) atoms. The fourth-order valence-corrected chi connectivity index (χ4v) is 2.38. The van der Waals surface area contributed by atoms with E-state index in [0.717, 1.165) is 24.5 Å². The molecular formula is C16H11F3O5S. The molecule has 0 N–H and O–H groups in total. The molecule has 9 heteroatoms. The molecule has 0 aliphatic heterocycles. The minimum absolute atomic E-state index is 0.0334. The monoisotopic (exact) mass is 372 g/mol. The van der Waals surface area contributed by atoms with Gasteiger partial charge in [0.15, 0.2) is 5.43 Å². The van der Waals surface area contributed by atoms with Crippen molar-refractivity contribution >= 4 is 26.7 Å². The summed E-state index contributed by atoms with van der Waals surface area (Å²) in [6.45, 7) is 7.07. The lowest BCUT2D eigenvalue weighted by Gasteiger charge is -2.10. The first-order valence-electron chi connectivity index (χ1n) is 6.62. The van der Waals surface area contributed by atoms with Gasteiger partial charge < -0.3 is 8.60 Å². The lowest BCUT2D eigenvalue weighted by molar-refractivity contribution is -0.0500. The quantitative estimate of drug-likeness (QED) is 0.454. The van der Waals surface area contributed by atoms with Crippen LogP contribution in [0.2, 0.25) is 0 Å². The zero-order chi connectivity index (χ0) is 18.8. The molecule has 0 amide bonds. The molecule has 0 unspecified atom stereocenters. The predicted octanol–water partition coefficient (Wildman–Crippen LogP) is 3.78. The fraction of sp³-hybridized carbons (Fsp3) is 0.0625. The Kier molecular flexibility index (Phi) is 4.89. The summed E-state index contributed by atoms with van der Waals surface area (Å²) in [5.41, 5.74) is -5.57. The molecule has 1 aromatic heterocycles. The number of rotatable bonds is 5. The molecule has 0 atom stereocenters.